The molecule has 0 spiro atoms. The summed E-state index contributed by atoms with van der Waals surface area (Å²) in [6.07, 6.45) is 2.21. The predicted molar refractivity (Wildman–Crippen MR) is 67.6 cm³/mol. The van der Waals surface area contributed by atoms with Crippen molar-refractivity contribution in [2.24, 2.45) is 5.73 Å². The molecule has 1 unspecified atom stereocenters. The molecule has 0 aromatic carbocycles. The Labute approximate surface area is 108 Å². The van der Waals surface area contributed by atoms with Gasteiger partial charge in [-0.05, 0) is 35.2 Å². The lowest BCUT2D eigenvalue weighted by Crippen LogP contribution is -2.29. The van der Waals surface area contributed by atoms with Crippen LogP contribution in [0.5, 0.6) is 0 Å². The maximum Gasteiger partial charge on any atom is 0.263 e. The normalized spacial score (nSPS) is 12.3. The number of amides is 1. The van der Waals surface area contributed by atoms with Crippen molar-refractivity contribution >= 4 is 17.2 Å². The molecule has 2 aromatic heterocycles. The Morgan fingerprint density at radius 3 is 3.17 bits per heavy atom. The van der Waals surface area contributed by atoms with E-state index in [1.807, 2.05) is 18.4 Å². The standard InChI is InChI=1S/C10H14N6OS/c1-7(11)2-4-12-10(17)9-8(3-5-18-9)16-6-13-14-15-16/h3,5-7H,2,4,11H2,1H3,(H,12,17). The first-order valence-electron chi connectivity index (χ1n) is 5.53. The van der Waals surface area contributed by atoms with Gasteiger partial charge in [-0.25, -0.2) is 0 Å². The number of carbonyl (C=O) groups is 1. The second kappa shape index (κ2) is 5.69. The lowest BCUT2D eigenvalue weighted by Gasteiger charge is -2.07. The van der Waals surface area contributed by atoms with Crippen LogP contribution in [0.1, 0.15) is 23.0 Å². The second-order valence-corrected chi connectivity index (χ2v) is 4.83. The van der Waals surface area contributed by atoms with Gasteiger partial charge in [-0.3, -0.25) is 4.79 Å². The first-order chi connectivity index (χ1) is 8.68. The summed E-state index contributed by atoms with van der Waals surface area (Å²) in [4.78, 5) is 12.6. The van der Waals surface area contributed by atoms with E-state index in [0.717, 1.165) is 6.42 Å². The highest BCUT2D eigenvalue weighted by molar-refractivity contribution is 7.12. The number of nitrogens with one attached hydrogen (secondary N) is 1. The van der Waals surface area contributed by atoms with Gasteiger partial charge in [0.15, 0.2) is 0 Å². The zero-order valence-corrected chi connectivity index (χ0v) is 10.7. The van der Waals surface area contributed by atoms with Gasteiger partial charge < -0.3 is 11.1 Å². The minimum atomic E-state index is -0.129. The Hall–Kier alpha value is -1.80. The number of carbonyl (C=O) groups excluding carboxylic acids is 1. The van der Waals surface area contributed by atoms with Crippen LogP contribution in [-0.2, 0) is 0 Å². The van der Waals surface area contributed by atoms with Crippen LogP contribution in [0, 0.1) is 0 Å². The average Bonchev–Trinajstić information content (AvgIpc) is 2.99. The van der Waals surface area contributed by atoms with Gasteiger partial charge in [0, 0.05) is 12.6 Å². The number of hydrogen-bond acceptors (Lipinski definition) is 6. The van der Waals surface area contributed by atoms with Crippen molar-refractivity contribution in [1.82, 2.24) is 25.5 Å². The number of hydrogen-bond donors (Lipinski definition) is 2. The molecular weight excluding hydrogens is 252 g/mol. The number of thiophene rings is 1. The molecule has 2 heterocycles. The van der Waals surface area contributed by atoms with Crippen molar-refractivity contribution in [2.75, 3.05) is 6.54 Å². The fraction of sp³-hybridized carbons (Fsp3) is 0.400. The highest BCUT2D eigenvalue weighted by Crippen LogP contribution is 2.19. The maximum absolute atomic E-state index is 12.0. The second-order valence-electron chi connectivity index (χ2n) is 3.91. The number of tetrazole rings is 1. The van der Waals surface area contributed by atoms with Crippen LogP contribution in [0.4, 0.5) is 0 Å². The first kappa shape index (κ1) is 12.7. The van der Waals surface area contributed by atoms with Gasteiger partial charge in [0.05, 0.1) is 5.69 Å². The summed E-state index contributed by atoms with van der Waals surface area (Å²) in [5.41, 5.74) is 6.31. The number of nitrogens with two attached hydrogens (primary N) is 1. The van der Waals surface area contributed by atoms with Crippen LogP contribution >= 0.6 is 11.3 Å². The van der Waals surface area contributed by atoms with Gasteiger partial charge in [0.1, 0.15) is 11.2 Å². The molecule has 0 radical (unpaired) electrons. The summed E-state index contributed by atoms with van der Waals surface area (Å²) < 4.78 is 1.47. The van der Waals surface area contributed by atoms with Gasteiger partial charge in [0.2, 0.25) is 0 Å². The molecule has 8 heteroatoms. The Morgan fingerprint density at radius 1 is 1.67 bits per heavy atom. The molecule has 0 aliphatic carbocycles. The van der Waals surface area contributed by atoms with Crippen LogP contribution in [-0.4, -0.2) is 38.7 Å². The molecule has 18 heavy (non-hydrogen) atoms. The largest absolute Gasteiger partial charge is 0.351 e. The summed E-state index contributed by atoms with van der Waals surface area (Å²) in [6.45, 7) is 2.47. The topological polar surface area (TPSA) is 98.7 Å². The predicted octanol–water partition coefficient (Wildman–Crippen LogP) is 0.191. The van der Waals surface area contributed by atoms with Gasteiger partial charge >= 0.3 is 0 Å². The summed E-state index contributed by atoms with van der Waals surface area (Å²) in [5.74, 6) is -0.129. The maximum atomic E-state index is 12.0. The fourth-order valence-corrected chi connectivity index (χ4v) is 2.21. The minimum Gasteiger partial charge on any atom is -0.351 e. The number of rotatable bonds is 5. The zero-order valence-electron chi connectivity index (χ0n) is 9.91. The van der Waals surface area contributed by atoms with Crippen molar-refractivity contribution in [3.05, 3.63) is 22.7 Å². The molecule has 2 rings (SSSR count). The average molecular weight is 266 g/mol. The van der Waals surface area contributed by atoms with Gasteiger partial charge in [-0.15, -0.1) is 16.4 Å². The number of nitrogens with zero attached hydrogens (tertiary/aromatic N) is 4. The van der Waals surface area contributed by atoms with Crippen LogP contribution < -0.4 is 11.1 Å². The van der Waals surface area contributed by atoms with Gasteiger partial charge in [-0.1, -0.05) is 0 Å². The van der Waals surface area contributed by atoms with E-state index in [9.17, 15) is 4.79 Å². The van der Waals surface area contributed by atoms with Crippen LogP contribution in [0.2, 0.25) is 0 Å². The number of aromatic nitrogens is 4. The quantitative estimate of drug-likeness (QED) is 0.805. The molecule has 0 saturated carbocycles. The first-order valence-corrected chi connectivity index (χ1v) is 6.41. The van der Waals surface area contributed by atoms with E-state index in [-0.39, 0.29) is 11.9 Å². The van der Waals surface area contributed by atoms with Crippen molar-refractivity contribution in [3.63, 3.8) is 0 Å². The van der Waals surface area contributed by atoms with Crippen molar-refractivity contribution in [3.8, 4) is 5.69 Å². The highest BCUT2D eigenvalue weighted by Gasteiger charge is 2.15. The third-order valence-corrected chi connectivity index (χ3v) is 3.23. The molecule has 96 valence electrons. The third kappa shape index (κ3) is 2.90. The minimum absolute atomic E-state index is 0.0765. The lowest BCUT2D eigenvalue weighted by atomic mass is 10.2. The molecule has 2 aromatic rings. The van der Waals surface area contributed by atoms with Crippen LogP contribution in [0.3, 0.4) is 0 Å². The molecule has 0 bridgehead atoms. The molecule has 0 fully saturated rings. The summed E-state index contributed by atoms with van der Waals surface area (Å²) in [7, 11) is 0. The van der Waals surface area contributed by atoms with Crippen molar-refractivity contribution in [1.29, 1.82) is 0 Å². The van der Waals surface area contributed by atoms with E-state index in [1.54, 1.807) is 0 Å². The van der Waals surface area contributed by atoms with Gasteiger partial charge in [-0.2, -0.15) is 4.68 Å². The summed E-state index contributed by atoms with van der Waals surface area (Å²) in [6, 6.07) is 1.88. The molecular formula is C10H14N6OS. The van der Waals surface area contributed by atoms with Crippen molar-refractivity contribution < 1.29 is 4.79 Å². The summed E-state index contributed by atoms with van der Waals surface area (Å²) >= 11 is 1.36. The molecule has 1 amide bonds. The van der Waals surface area contributed by atoms with Crippen LogP contribution in [0.25, 0.3) is 5.69 Å². The smallest absolute Gasteiger partial charge is 0.263 e. The van der Waals surface area contributed by atoms with E-state index in [4.69, 9.17) is 5.73 Å². The van der Waals surface area contributed by atoms with Crippen LogP contribution in [0.15, 0.2) is 17.8 Å². The fourth-order valence-electron chi connectivity index (χ4n) is 1.42. The Bertz CT molecular complexity index is 506. The highest BCUT2D eigenvalue weighted by atomic mass is 32.1. The monoisotopic (exact) mass is 266 g/mol. The molecule has 1 atom stereocenters. The Morgan fingerprint density at radius 2 is 2.50 bits per heavy atom. The third-order valence-electron chi connectivity index (χ3n) is 2.33. The molecule has 0 aliphatic heterocycles. The molecule has 7 nitrogen and oxygen atoms in total. The summed E-state index contributed by atoms with van der Waals surface area (Å²) in [5, 5.41) is 15.5. The van der Waals surface area contributed by atoms with E-state index < -0.39 is 0 Å². The zero-order chi connectivity index (χ0) is 13.0. The van der Waals surface area contributed by atoms with E-state index >= 15 is 0 Å². The van der Waals surface area contributed by atoms with Crippen molar-refractivity contribution in [2.45, 2.75) is 19.4 Å². The lowest BCUT2D eigenvalue weighted by molar-refractivity contribution is 0.0956. The SMILES string of the molecule is CC(N)CCNC(=O)c1sccc1-n1cnnn1. The Kier molecular flexibility index (Phi) is 4.00. The molecule has 0 aliphatic rings. The molecule has 0 saturated heterocycles. The Balaban J connectivity index is 2.05. The molecule has 3 N–H and O–H groups in total. The van der Waals surface area contributed by atoms with E-state index in [1.165, 1.54) is 22.3 Å². The van der Waals surface area contributed by atoms with Gasteiger partial charge in [0.25, 0.3) is 5.91 Å². The van der Waals surface area contributed by atoms with E-state index in [0.29, 0.717) is 17.1 Å². The van der Waals surface area contributed by atoms with E-state index in [2.05, 4.69) is 20.8 Å².